The van der Waals surface area contributed by atoms with E-state index >= 15 is 0 Å². The highest BCUT2D eigenvalue weighted by atomic mass is 16.3. The van der Waals surface area contributed by atoms with Gasteiger partial charge in [-0.2, -0.15) is 5.10 Å². The molecule has 0 radical (unpaired) electrons. The van der Waals surface area contributed by atoms with Crippen molar-refractivity contribution in [2.75, 3.05) is 13.1 Å². The van der Waals surface area contributed by atoms with Crippen molar-refractivity contribution in [1.29, 1.82) is 0 Å². The number of aromatic nitrogens is 3. The Labute approximate surface area is 89.5 Å². The Morgan fingerprint density at radius 1 is 1.40 bits per heavy atom. The average molecular weight is 210 g/mol. The number of aryl methyl sites for hydroxylation is 2. The van der Waals surface area contributed by atoms with E-state index in [-0.39, 0.29) is 12.1 Å². The number of nitrogens with zero attached hydrogens (tertiary/aromatic N) is 3. The molecule has 2 rings (SSSR count). The number of nitrogens with one attached hydrogen (secondary N) is 1. The molecular weight excluding hydrogens is 192 g/mol. The van der Waals surface area contributed by atoms with Crippen molar-refractivity contribution in [2.24, 2.45) is 0 Å². The molecule has 1 aromatic heterocycles. The van der Waals surface area contributed by atoms with Crippen LogP contribution in [0.4, 0.5) is 0 Å². The van der Waals surface area contributed by atoms with E-state index in [9.17, 15) is 5.11 Å². The fourth-order valence-electron chi connectivity index (χ4n) is 1.96. The van der Waals surface area contributed by atoms with E-state index in [0.717, 1.165) is 31.0 Å². The zero-order chi connectivity index (χ0) is 10.8. The predicted molar refractivity (Wildman–Crippen MR) is 56.7 cm³/mol. The van der Waals surface area contributed by atoms with Crippen LogP contribution < -0.4 is 5.32 Å². The van der Waals surface area contributed by atoms with Crippen LogP contribution in [0.1, 0.15) is 31.5 Å². The molecule has 0 saturated carbocycles. The quantitative estimate of drug-likeness (QED) is 0.732. The van der Waals surface area contributed by atoms with Crippen LogP contribution in [0.3, 0.4) is 0 Å². The van der Waals surface area contributed by atoms with Crippen LogP contribution in [0.25, 0.3) is 0 Å². The molecule has 1 saturated heterocycles. The maximum absolute atomic E-state index is 9.79. The van der Waals surface area contributed by atoms with Crippen LogP contribution in [0, 0.1) is 0 Å². The van der Waals surface area contributed by atoms with Gasteiger partial charge in [-0.25, -0.2) is 9.67 Å². The number of hydrogen-bond donors (Lipinski definition) is 2. The summed E-state index contributed by atoms with van der Waals surface area (Å²) in [5.41, 5.74) is 0. The van der Waals surface area contributed by atoms with Crippen LogP contribution in [-0.4, -0.2) is 39.1 Å². The molecule has 1 fully saturated rings. The summed E-state index contributed by atoms with van der Waals surface area (Å²) >= 11 is 0. The van der Waals surface area contributed by atoms with Gasteiger partial charge in [-0.3, -0.25) is 0 Å². The molecule has 1 aliphatic rings. The highest BCUT2D eigenvalue weighted by molar-refractivity contribution is 4.98. The minimum Gasteiger partial charge on any atom is -0.390 e. The molecule has 0 spiro atoms. The summed E-state index contributed by atoms with van der Waals surface area (Å²) in [6.45, 7) is 5.53. The van der Waals surface area contributed by atoms with Gasteiger partial charge in [-0.05, 0) is 0 Å². The molecule has 5 nitrogen and oxygen atoms in total. The standard InChI is InChI=1S/C10H18N4O/c1-3-9-12-10(4-2)14(13-9)7-5-11-6-8(7)15/h7-8,11,15H,3-6H2,1-2H3. The maximum Gasteiger partial charge on any atom is 0.150 e. The summed E-state index contributed by atoms with van der Waals surface area (Å²) in [7, 11) is 0. The van der Waals surface area contributed by atoms with E-state index < -0.39 is 0 Å². The Hall–Kier alpha value is -0.940. The maximum atomic E-state index is 9.79. The van der Waals surface area contributed by atoms with Gasteiger partial charge in [0.15, 0.2) is 5.82 Å². The van der Waals surface area contributed by atoms with Gasteiger partial charge in [0.1, 0.15) is 5.82 Å². The van der Waals surface area contributed by atoms with Gasteiger partial charge in [0.25, 0.3) is 0 Å². The van der Waals surface area contributed by atoms with E-state index in [1.54, 1.807) is 0 Å². The summed E-state index contributed by atoms with van der Waals surface area (Å²) in [5.74, 6) is 1.84. The molecule has 84 valence electrons. The lowest BCUT2D eigenvalue weighted by molar-refractivity contribution is 0.143. The van der Waals surface area contributed by atoms with E-state index in [2.05, 4.69) is 22.3 Å². The molecule has 2 atom stereocenters. The lowest BCUT2D eigenvalue weighted by Gasteiger charge is -2.15. The molecule has 2 heterocycles. The first-order chi connectivity index (χ1) is 7.26. The minimum atomic E-state index is -0.346. The molecule has 1 aliphatic heterocycles. The second kappa shape index (κ2) is 4.28. The van der Waals surface area contributed by atoms with Gasteiger partial charge >= 0.3 is 0 Å². The van der Waals surface area contributed by atoms with Crippen molar-refractivity contribution in [3.05, 3.63) is 11.6 Å². The van der Waals surface area contributed by atoms with Crippen LogP contribution in [-0.2, 0) is 12.8 Å². The highest BCUT2D eigenvalue weighted by Gasteiger charge is 2.29. The van der Waals surface area contributed by atoms with Crippen LogP contribution in [0.15, 0.2) is 0 Å². The zero-order valence-electron chi connectivity index (χ0n) is 9.27. The Kier molecular flexibility index (Phi) is 3.02. The summed E-state index contributed by atoms with van der Waals surface area (Å²) in [4.78, 5) is 4.44. The van der Waals surface area contributed by atoms with Crippen molar-refractivity contribution in [2.45, 2.75) is 38.8 Å². The van der Waals surface area contributed by atoms with Gasteiger partial charge in [0, 0.05) is 25.9 Å². The molecule has 0 amide bonds. The lowest BCUT2D eigenvalue weighted by Crippen LogP contribution is -2.24. The minimum absolute atomic E-state index is 0.0488. The molecule has 2 unspecified atom stereocenters. The third kappa shape index (κ3) is 1.89. The summed E-state index contributed by atoms with van der Waals surface area (Å²) in [6, 6.07) is 0.0488. The second-order valence-electron chi connectivity index (χ2n) is 3.89. The van der Waals surface area contributed by atoms with Gasteiger partial charge in [0.2, 0.25) is 0 Å². The van der Waals surface area contributed by atoms with Gasteiger partial charge in [0.05, 0.1) is 12.1 Å². The topological polar surface area (TPSA) is 63.0 Å². The summed E-state index contributed by atoms with van der Waals surface area (Å²) < 4.78 is 1.89. The van der Waals surface area contributed by atoms with E-state index in [1.165, 1.54) is 0 Å². The monoisotopic (exact) mass is 210 g/mol. The second-order valence-corrected chi connectivity index (χ2v) is 3.89. The molecule has 2 N–H and O–H groups in total. The molecule has 0 aliphatic carbocycles. The van der Waals surface area contributed by atoms with Crippen LogP contribution >= 0.6 is 0 Å². The van der Waals surface area contributed by atoms with E-state index in [1.807, 2.05) is 11.6 Å². The van der Waals surface area contributed by atoms with Crippen LogP contribution in [0.2, 0.25) is 0 Å². The number of aliphatic hydroxyl groups excluding tert-OH is 1. The van der Waals surface area contributed by atoms with Gasteiger partial charge in [-0.1, -0.05) is 13.8 Å². The third-order valence-corrected chi connectivity index (χ3v) is 2.84. The fraction of sp³-hybridized carbons (Fsp3) is 0.800. The number of rotatable bonds is 3. The van der Waals surface area contributed by atoms with E-state index in [0.29, 0.717) is 6.54 Å². The Morgan fingerprint density at radius 2 is 2.20 bits per heavy atom. The van der Waals surface area contributed by atoms with Crippen molar-refractivity contribution >= 4 is 0 Å². The molecule has 15 heavy (non-hydrogen) atoms. The van der Waals surface area contributed by atoms with Gasteiger partial charge < -0.3 is 10.4 Å². The molecule has 0 bridgehead atoms. The first-order valence-electron chi connectivity index (χ1n) is 5.59. The Balaban J connectivity index is 2.29. The van der Waals surface area contributed by atoms with Crippen molar-refractivity contribution in [3.8, 4) is 0 Å². The Bertz CT molecular complexity index is 336. The normalized spacial score (nSPS) is 26.1. The first-order valence-corrected chi connectivity index (χ1v) is 5.59. The van der Waals surface area contributed by atoms with Gasteiger partial charge in [-0.15, -0.1) is 0 Å². The summed E-state index contributed by atoms with van der Waals surface area (Å²) in [5, 5.41) is 17.4. The number of aliphatic hydroxyl groups is 1. The molecule has 1 aromatic rings. The molecule has 0 aromatic carbocycles. The SMILES string of the molecule is CCc1nc(CC)n(C2CNCC2O)n1. The number of hydrogen-bond acceptors (Lipinski definition) is 4. The van der Waals surface area contributed by atoms with Crippen molar-refractivity contribution in [1.82, 2.24) is 20.1 Å². The van der Waals surface area contributed by atoms with Crippen molar-refractivity contribution in [3.63, 3.8) is 0 Å². The molecule has 5 heteroatoms. The predicted octanol–water partition coefficient (Wildman–Crippen LogP) is -0.0919. The highest BCUT2D eigenvalue weighted by Crippen LogP contribution is 2.17. The fourth-order valence-corrected chi connectivity index (χ4v) is 1.96. The first kappa shape index (κ1) is 10.6. The van der Waals surface area contributed by atoms with Crippen molar-refractivity contribution < 1.29 is 5.11 Å². The smallest absolute Gasteiger partial charge is 0.150 e. The van der Waals surface area contributed by atoms with E-state index in [4.69, 9.17) is 0 Å². The largest absolute Gasteiger partial charge is 0.390 e. The number of β-amino-alcohol motifs (C(OH)–C–C–N with tert-alkyl or cyclic N) is 1. The third-order valence-electron chi connectivity index (χ3n) is 2.84. The summed E-state index contributed by atoms with van der Waals surface area (Å²) in [6.07, 6.45) is 1.36. The average Bonchev–Trinajstić information content (AvgIpc) is 2.82. The zero-order valence-corrected chi connectivity index (χ0v) is 9.27. The van der Waals surface area contributed by atoms with Crippen LogP contribution in [0.5, 0.6) is 0 Å². The Morgan fingerprint density at radius 3 is 2.73 bits per heavy atom. The lowest BCUT2D eigenvalue weighted by atomic mass is 10.2. The molecular formula is C10H18N4O.